The van der Waals surface area contributed by atoms with Crippen LogP contribution in [-0.2, 0) is 0 Å². The van der Waals surface area contributed by atoms with E-state index in [1.807, 2.05) is 6.92 Å². The van der Waals surface area contributed by atoms with Gasteiger partial charge in [-0.25, -0.2) is 4.79 Å². The zero-order valence-corrected chi connectivity index (χ0v) is 11.4. The van der Waals surface area contributed by atoms with Crippen LogP contribution in [0.25, 0.3) is 0 Å². The largest absolute Gasteiger partial charge is 0.493 e. The highest BCUT2D eigenvalue weighted by Gasteiger charge is 2.24. The Bertz CT molecular complexity index is 500. The number of carboxylic acids is 1. The molecule has 20 heavy (non-hydrogen) atoms. The number of carboxylic acid groups (broad SMARTS) is 1. The zero-order valence-electron chi connectivity index (χ0n) is 11.4. The number of ether oxygens (including phenoxy) is 2. The molecular weight excluding hydrogens is 266 g/mol. The molecule has 0 spiro atoms. The van der Waals surface area contributed by atoms with Crippen LogP contribution in [0.15, 0.2) is 12.1 Å². The number of nitro groups is 1. The van der Waals surface area contributed by atoms with E-state index >= 15 is 0 Å². The molecule has 7 heteroatoms. The van der Waals surface area contributed by atoms with Crippen LogP contribution in [0.5, 0.6) is 11.5 Å². The normalized spacial score (nSPS) is 10.1. The summed E-state index contributed by atoms with van der Waals surface area (Å²) in [6, 6.07) is 2.19. The number of nitro benzene ring substituents is 1. The monoisotopic (exact) mass is 283 g/mol. The van der Waals surface area contributed by atoms with Crippen LogP contribution in [0.2, 0.25) is 0 Å². The fourth-order valence-corrected chi connectivity index (χ4v) is 1.67. The summed E-state index contributed by atoms with van der Waals surface area (Å²) >= 11 is 0. The van der Waals surface area contributed by atoms with Crippen LogP contribution in [-0.4, -0.2) is 29.7 Å². The van der Waals surface area contributed by atoms with Gasteiger partial charge in [0.2, 0.25) is 5.75 Å². The van der Waals surface area contributed by atoms with Crippen molar-refractivity contribution in [1.29, 1.82) is 0 Å². The van der Waals surface area contributed by atoms with E-state index < -0.39 is 16.6 Å². The van der Waals surface area contributed by atoms with E-state index in [2.05, 4.69) is 0 Å². The lowest BCUT2D eigenvalue weighted by atomic mass is 10.1. The predicted octanol–water partition coefficient (Wildman–Crippen LogP) is 2.87. The minimum Gasteiger partial charge on any atom is -0.493 e. The second-order valence-electron chi connectivity index (χ2n) is 4.14. The third-order valence-electron chi connectivity index (χ3n) is 2.69. The molecular formula is C13H17NO6. The van der Waals surface area contributed by atoms with Gasteiger partial charge in [-0.3, -0.25) is 10.1 Å². The van der Waals surface area contributed by atoms with Crippen molar-refractivity contribution in [2.45, 2.75) is 26.2 Å². The van der Waals surface area contributed by atoms with E-state index in [1.165, 1.54) is 13.2 Å². The topological polar surface area (TPSA) is 98.9 Å². The van der Waals surface area contributed by atoms with Gasteiger partial charge in [-0.15, -0.1) is 0 Å². The van der Waals surface area contributed by atoms with E-state index in [0.717, 1.165) is 25.3 Å². The summed E-state index contributed by atoms with van der Waals surface area (Å²) < 4.78 is 10.4. The molecule has 0 unspecified atom stereocenters. The number of unbranched alkanes of at least 4 members (excludes halogenated alkanes) is 2. The first-order chi connectivity index (χ1) is 9.51. The molecule has 1 aromatic carbocycles. The first-order valence-corrected chi connectivity index (χ1v) is 6.23. The molecule has 0 aliphatic heterocycles. The fraction of sp³-hybridized carbons (Fsp3) is 0.462. The number of rotatable bonds is 8. The number of nitrogens with zero attached hydrogens (tertiary/aromatic N) is 1. The Morgan fingerprint density at radius 2 is 2.10 bits per heavy atom. The molecule has 0 saturated heterocycles. The molecule has 0 fully saturated rings. The van der Waals surface area contributed by atoms with E-state index in [9.17, 15) is 14.9 Å². The molecule has 0 atom stereocenters. The summed E-state index contributed by atoms with van der Waals surface area (Å²) in [6.45, 7) is 2.35. The third kappa shape index (κ3) is 3.84. The number of hydrogen-bond acceptors (Lipinski definition) is 5. The Labute approximate surface area is 116 Å². The highest BCUT2D eigenvalue weighted by molar-refractivity contribution is 5.90. The number of methoxy groups -OCH3 is 1. The molecule has 7 nitrogen and oxygen atoms in total. The minimum absolute atomic E-state index is 0.0291. The van der Waals surface area contributed by atoms with Crippen LogP contribution >= 0.6 is 0 Å². The van der Waals surface area contributed by atoms with Gasteiger partial charge in [0.1, 0.15) is 0 Å². The molecule has 0 aliphatic carbocycles. The lowest BCUT2D eigenvalue weighted by Crippen LogP contribution is -2.05. The molecule has 0 aliphatic rings. The van der Waals surface area contributed by atoms with Gasteiger partial charge in [-0.05, 0) is 12.5 Å². The van der Waals surface area contributed by atoms with E-state index in [4.69, 9.17) is 14.6 Å². The molecule has 1 rings (SSSR count). The van der Waals surface area contributed by atoms with Crippen molar-refractivity contribution in [3.8, 4) is 11.5 Å². The van der Waals surface area contributed by atoms with Crippen molar-refractivity contribution in [3.05, 3.63) is 27.8 Å². The third-order valence-corrected chi connectivity index (χ3v) is 2.69. The maximum absolute atomic E-state index is 11.0. The maximum Gasteiger partial charge on any atom is 0.336 e. The van der Waals surface area contributed by atoms with Crippen molar-refractivity contribution in [2.75, 3.05) is 13.7 Å². The van der Waals surface area contributed by atoms with Gasteiger partial charge in [0, 0.05) is 6.07 Å². The SMILES string of the molecule is CCCCCOc1c(OC)cc(C(=O)O)cc1[N+](=O)[O-]. The lowest BCUT2D eigenvalue weighted by molar-refractivity contribution is -0.386. The van der Waals surface area contributed by atoms with Crippen molar-refractivity contribution in [2.24, 2.45) is 0 Å². The predicted molar refractivity (Wildman–Crippen MR) is 71.6 cm³/mol. The van der Waals surface area contributed by atoms with Crippen molar-refractivity contribution >= 4 is 11.7 Å². The minimum atomic E-state index is -1.26. The standard InChI is InChI=1S/C13H17NO6/c1-3-4-5-6-20-12-10(14(17)18)7-9(13(15)16)8-11(12)19-2/h7-8H,3-6H2,1-2H3,(H,15,16). The van der Waals surface area contributed by atoms with Crippen molar-refractivity contribution < 1.29 is 24.3 Å². The van der Waals surface area contributed by atoms with Crippen LogP contribution in [0.3, 0.4) is 0 Å². The van der Waals surface area contributed by atoms with Crippen LogP contribution < -0.4 is 9.47 Å². The van der Waals surface area contributed by atoms with E-state index in [0.29, 0.717) is 6.61 Å². The molecule has 0 bridgehead atoms. The summed E-state index contributed by atoms with van der Waals surface area (Å²) in [5.74, 6) is -1.24. The average Bonchev–Trinajstić information content (AvgIpc) is 2.42. The Kier molecular flexibility index (Phi) is 5.76. The second kappa shape index (κ2) is 7.32. The zero-order chi connectivity index (χ0) is 15.1. The number of aromatic carboxylic acids is 1. The van der Waals surface area contributed by atoms with E-state index in [1.54, 1.807) is 0 Å². The molecule has 0 aromatic heterocycles. The van der Waals surface area contributed by atoms with Crippen LogP contribution in [0.4, 0.5) is 5.69 Å². The van der Waals surface area contributed by atoms with Gasteiger partial charge in [0.05, 0.1) is 24.2 Å². The lowest BCUT2D eigenvalue weighted by Gasteiger charge is -2.11. The maximum atomic E-state index is 11.0. The molecule has 1 N–H and O–H groups in total. The van der Waals surface area contributed by atoms with Crippen molar-refractivity contribution in [1.82, 2.24) is 0 Å². The summed E-state index contributed by atoms with van der Waals surface area (Å²) in [5, 5.41) is 20.0. The Morgan fingerprint density at radius 3 is 2.60 bits per heavy atom. The van der Waals surface area contributed by atoms with Crippen LogP contribution in [0.1, 0.15) is 36.5 Å². The molecule has 110 valence electrons. The number of benzene rings is 1. The highest BCUT2D eigenvalue weighted by Crippen LogP contribution is 2.38. The quantitative estimate of drug-likeness (QED) is 0.447. The fourth-order valence-electron chi connectivity index (χ4n) is 1.67. The van der Waals surface area contributed by atoms with Gasteiger partial charge in [-0.2, -0.15) is 0 Å². The van der Waals surface area contributed by atoms with Gasteiger partial charge in [-0.1, -0.05) is 19.8 Å². The molecule has 0 amide bonds. The summed E-state index contributed by atoms with van der Waals surface area (Å²) in [4.78, 5) is 21.3. The van der Waals surface area contributed by atoms with Crippen LogP contribution in [0, 0.1) is 10.1 Å². The molecule has 1 aromatic rings. The Balaban J connectivity index is 3.11. The Hall–Kier alpha value is -2.31. The highest BCUT2D eigenvalue weighted by atomic mass is 16.6. The number of hydrogen-bond donors (Lipinski definition) is 1. The summed E-state index contributed by atoms with van der Waals surface area (Å²) in [5.41, 5.74) is -0.618. The summed E-state index contributed by atoms with van der Waals surface area (Å²) in [7, 11) is 1.31. The van der Waals surface area contributed by atoms with Gasteiger partial charge in [0.15, 0.2) is 5.75 Å². The van der Waals surface area contributed by atoms with Gasteiger partial charge < -0.3 is 14.6 Å². The summed E-state index contributed by atoms with van der Waals surface area (Å²) in [6.07, 6.45) is 2.71. The first-order valence-electron chi connectivity index (χ1n) is 6.23. The van der Waals surface area contributed by atoms with Gasteiger partial charge in [0.25, 0.3) is 0 Å². The Morgan fingerprint density at radius 1 is 1.40 bits per heavy atom. The van der Waals surface area contributed by atoms with Gasteiger partial charge >= 0.3 is 11.7 Å². The molecule has 0 saturated carbocycles. The van der Waals surface area contributed by atoms with E-state index in [-0.39, 0.29) is 17.1 Å². The molecule has 0 radical (unpaired) electrons. The van der Waals surface area contributed by atoms with Crippen molar-refractivity contribution in [3.63, 3.8) is 0 Å². The smallest absolute Gasteiger partial charge is 0.336 e. The molecule has 0 heterocycles. The second-order valence-corrected chi connectivity index (χ2v) is 4.14. The first kappa shape index (κ1) is 15.7. The number of carbonyl (C=O) groups is 1. The average molecular weight is 283 g/mol.